The second kappa shape index (κ2) is 6.32. The molecular weight excluding hydrogens is 294 g/mol. The van der Waals surface area contributed by atoms with E-state index in [4.69, 9.17) is 4.74 Å². The fourth-order valence-corrected chi connectivity index (χ4v) is 3.25. The second-order valence-corrected chi connectivity index (χ2v) is 6.40. The Morgan fingerprint density at radius 1 is 1.23 bits per heavy atom. The minimum absolute atomic E-state index is 0.161. The Labute approximate surface area is 134 Å². The molecule has 0 fully saturated rings. The summed E-state index contributed by atoms with van der Waals surface area (Å²) >= 11 is 1.69. The van der Waals surface area contributed by atoms with Gasteiger partial charge in [0.05, 0.1) is 12.0 Å². The maximum atomic E-state index is 5.48. The van der Waals surface area contributed by atoms with Crippen molar-refractivity contribution in [3.05, 3.63) is 47.1 Å². The molecule has 1 unspecified atom stereocenters. The Bertz CT molecular complexity index is 767. The first kappa shape index (κ1) is 14.8. The number of ether oxygens (including phenoxy) is 1. The van der Waals surface area contributed by atoms with E-state index in [2.05, 4.69) is 47.3 Å². The van der Waals surface area contributed by atoms with Crippen molar-refractivity contribution in [3.63, 3.8) is 0 Å². The molecular formula is C17H19N3OS. The molecule has 2 heterocycles. The lowest BCUT2D eigenvalue weighted by atomic mass is 10.1. The third kappa shape index (κ3) is 3.04. The molecule has 0 spiro atoms. The van der Waals surface area contributed by atoms with Crippen molar-refractivity contribution in [2.75, 3.05) is 11.9 Å². The topological polar surface area (TPSA) is 47.0 Å². The minimum atomic E-state index is 0.161. The number of hydrogen-bond donors (Lipinski definition) is 1. The van der Waals surface area contributed by atoms with Crippen LogP contribution in [0.25, 0.3) is 10.2 Å². The average Bonchev–Trinajstić information content (AvgIpc) is 2.90. The molecule has 3 aromatic rings. The van der Waals surface area contributed by atoms with Gasteiger partial charge in [0.25, 0.3) is 0 Å². The molecule has 0 bridgehead atoms. The summed E-state index contributed by atoms with van der Waals surface area (Å²) in [5.74, 6) is 1.78. The fraction of sp³-hybridized carbons (Fsp3) is 0.294. The van der Waals surface area contributed by atoms with Gasteiger partial charge in [0, 0.05) is 10.9 Å². The maximum absolute atomic E-state index is 5.48. The number of nitrogens with zero attached hydrogens (tertiary/aromatic N) is 2. The zero-order chi connectivity index (χ0) is 15.5. The number of nitrogens with one attached hydrogen (secondary N) is 1. The molecule has 0 saturated heterocycles. The van der Waals surface area contributed by atoms with Gasteiger partial charge in [-0.1, -0.05) is 12.1 Å². The monoisotopic (exact) mass is 313 g/mol. The molecule has 0 amide bonds. The number of fused-ring (bicyclic) bond motifs is 1. The van der Waals surface area contributed by atoms with Gasteiger partial charge in [0.15, 0.2) is 0 Å². The lowest BCUT2D eigenvalue weighted by Gasteiger charge is -2.16. The van der Waals surface area contributed by atoms with Crippen LogP contribution in [0.4, 0.5) is 5.82 Å². The molecule has 5 heteroatoms. The SMILES string of the molecule is CCOc1ccc(C(C)Nc2ncnc3sc(C)cc23)cc1. The molecule has 1 aromatic carbocycles. The van der Waals surface area contributed by atoms with Gasteiger partial charge in [0.1, 0.15) is 22.7 Å². The molecule has 0 saturated carbocycles. The van der Waals surface area contributed by atoms with Crippen molar-refractivity contribution in [2.24, 2.45) is 0 Å². The molecule has 2 aromatic heterocycles. The Morgan fingerprint density at radius 3 is 2.73 bits per heavy atom. The van der Waals surface area contributed by atoms with Gasteiger partial charge < -0.3 is 10.1 Å². The van der Waals surface area contributed by atoms with Crippen LogP contribution < -0.4 is 10.1 Å². The van der Waals surface area contributed by atoms with Crippen molar-refractivity contribution in [2.45, 2.75) is 26.8 Å². The van der Waals surface area contributed by atoms with E-state index in [1.165, 1.54) is 10.4 Å². The summed E-state index contributed by atoms with van der Waals surface area (Å²) in [5.41, 5.74) is 1.20. The van der Waals surface area contributed by atoms with Crippen LogP contribution in [0.1, 0.15) is 30.3 Å². The highest BCUT2D eigenvalue weighted by molar-refractivity contribution is 7.18. The van der Waals surface area contributed by atoms with Crippen LogP contribution in [-0.4, -0.2) is 16.6 Å². The Kier molecular flexibility index (Phi) is 4.24. The van der Waals surface area contributed by atoms with Gasteiger partial charge in [-0.05, 0) is 44.5 Å². The molecule has 0 aliphatic heterocycles. The van der Waals surface area contributed by atoms with Gasteiger partial charge >= 0.3 is 0 Å². The first-order valence-corrected chi connectivity index (χ1v) is 8.19. The Morgan fingerprint density at radius 2 is 2.00 bits per heavy atom. The molecule has 1 atom stereocenters. The summed E-state index contributed by atoms with van der Waals surface area (Å²) < 4.78 is 5.48. The molecule has 0 radical (unpaired) electrons. The summed E-state index contributed by atoms with van der Waals surface area (Å²) in [7, 11) is 0. The number of anilines is 1. The van der Waals surface area contributed by atoms with Gasteiger partial charge in [-0.15, -0.1) is 11.3 Å². The van der Waals surface area contributed by atoms with Gasteiger partial charge in [-0.25, -0.2) is 9.97 Å². The van der Waals surface area contributed by atoms with E-state index in [0.29, 0.717) is 6.61 Å². The zero-order valence-electron chi connectivity index (χ0n) is 13.0. The van der Waals surface area contributed by atoms with Crippen LogP contribution >= 0.6 is 11.3 Å². The van der Waals surface area contributed by atoms with E-state index in [-0.39, 0.29) is 6.04 Å². The van der Waals surface area contributed by atoms with Gasteiger partial charge in [0.2, 0.25) is 0 Å². The quantitative estimate of drug-likeness (QED) is 0.749. The van der Waals surface area contributed by atoms with E-state index in [0.717, 1.165) is 21.8 Å². The summed E-state index contributed by atoms with van der Waals surface area (Å²) in [6.07, 6.45) is 1.62. The number of aromatic nitrogens is 2. The lowest BCUT2D eigenvalue weighted by molar-refractivity contribution is 0.340. The highest BCUT2D eigenvalue weighted by Gasteiger charge is 2.11. The summed E-state index contributed by atoms with van der Waals surface area (Å²) in [6, 6.07) is 10.5. The van der Waals surface area contributed by atoms with Gasteiger partial charge in [-0.3, -0.25) is 0 Å². The number of hydrogen-bond acceptors (Lipinski definition) is 5. The number of benzene rings is 1. The molecule has 0 aliphatic carbocycles. The van der Waals surface area contributed by atoms with E-state index < -0.39 is 0 Å². The van der Waals surface area contributed by atoms with E-state index >= 15 is 0 Å². The number of aryl methyl sites for hydroxylation is 1. The minimum Gasteiger partial charge on any atom is -0.494 e. The van der Waals surface area contributed by atoms with E-state index in [1.54, 1.807) is 17.7 Å². The van der Waals surface area contributed by atoms with Crippen LogP contribution in [0.3, 0.4) is 0 Å². The van der Waals surface area contributed by atoms with E-state index in [9.17, 15) is 0 Å². The third-order valence-electron chi connectivity index (χ3n) is 3.50. The van der Waals surface area contributed by atoms with E-state index in [1.807, 2.05) is 19.1 Å². The van der Waals surface area contributed by atoms with Crippen molar-refractivity contribution in [1.29, 1.82) is 0 Å². The van der Waals surface area contributed by atoms with Gasteiger partial charge in [-0.2, -0.15) is 0 Å². The largest absolute Gasteiger partial charge is 0.494 e. The highest BCUT2D eigenvalue weighted by Crippen LogP contribution is 2.29. The molecule has 0 aliphatic rings. The summed E-state index contributed by atoms with van der Waals surface area (Å²) in [5, 5.41) is 4.57. The first-order valence-electron chi connectivity index (χ1n) is 7.38. The number of thiophene rings is 1. The van der Waals surface area contributed by atoms with Crippen molar-refractivity contribution < 1.29 is 4.74 Å². The fourth-order valence-electron chi connectivity index (χ4n) is 2.40. The summed E-state index contributed by atoms with van der Waals surface area (Å²) in [4.78, 5) is 11.0. The van der Waals surface area contributed by atoms with Crippen molar-refractivity contribution >= 4 is 27.4 Å². The normalized spacial score (nSPS) is 12.3. The predicted octanol–water partition coefficient (Wildman–Crippen LogP) is 4.57. The maximum Gasteiger partial charge on any atom is 0.138 e. The molecule has 22 heavy (non-hydrogen) atoms. The van der Waals surface area contributed by atoms with Crippen LogP contribution in [-0.2, 0) is 0 Å². The molecule has 3 rings (SSSR count). The van der Waals surface area contributed by atoms with Crippen LogP contribution in [0, 0.1) is 6.92 Å². The first-order chi connectivity index (χ1) is 10.7. The Hall–Kier alpha value is -2.14. The van der Waals surface area contributed by atoms with Crippen LogP contribution in [0.2, 0.25) is 0 Å². The molecule has 4 nitrogen and oxygen atoms in total. The van der Waals surface area contributed by atoms with Crippen LogP contribution in [0.5, 0.6) is 5.75 Å². The molecule has 114 valence electrons. The van der Waals surface area contributed by atoms with Crippen LogP contribution in [0.15, 0.2) is 36.7 Å². The smallest absolute Gasteiger partial charge is 0.138 e. The number of rotatable bonds is 5. The standard InChI is InChI=1S/C17H19N3OS/c1-4-21-14-7-5-13(6-8-14)12(3)20-16-15-9-11(2)22-17(15)19-10-18-16/h5-10,12H,4H2,1-3H3,(H,18,19,20). The summed E-state index contributed by atoms with van der Waals surface area (Å²) in [6.45, 7) is 6.89. The highest BCUT2D eigenvalue weighted by atomic mass is 32.1. The van der Waals surface area contributed by atoms with Crippen molar-refractivity contribution in [3.8, 4) is 5.75 Å². The second-order valence-electron chi connectivity index (χ2n) is 5.17. The third-order valence-corrected chi connectivity index (χ3v) is 4.46. The lowest BCUT2D eigenvalue weighted by Crippen LogP contribution is -2.08. The zero-order valence-corrected chi connectivity index (χ0v) is 13.8. The predicted molar refractivity (Wildman–Crippen MR) is 91.8 cm³/mol. The Balaban J connectivity index is 1.81. The van der Waals surface area contributed by atoms with Crippen molar-refractivity contribution in [1.82, 2.24) is 9.97 Å². The molecule has 1 N–H and O–H groups in total. The average molecular weight is 313 g/mol.